The number of halogens is 1. The lowest BCUT2D eigenvalue weighted by atomic mass is 10.1. The summed E-state index contributed by atoms with van der Waals surface area (Å²) >= 11 is 6.09. The molecule has 0 saturated carbocycles. The Hall–Kier alpha value is -2.34. The normalized spacial score (nSPS) is 12.0. The Morgan fingerprint density at radius 3 is 2.70 bits per heavy atom. The van der Waals surface area contributed by atoms with Crippen molar-refractivity contribution in [2.45, 2.75) is 26.3 Å². The zero-order chi connectivity index (χ0) is 17.0. The Morgan fingerprint density at radius 1 is 1.39 bits per heavy atom. The molecule has 0 radical (unpaired) electrons. The molecular formula is C16H17ClN2O4. The number of hydrogen-bond donors (Lipinski definition) is 1. The van der Waals surface area contributed by atoms with Gasteiger partial charge in [-0.3, -0.25) is 9.59 Å². The second kappa shape index (κ2) is 7.28. The number of hydrogen-bond acceptors (Lipinski definition) is 4. The van der Waals surface area contributed by atoms with Crippen molar-refractivity contribution in [1.82, 2.24) is 10.1 Å². The van der Waals surface area contributed by atoms with Crippen LogP contribution in [0.3, 0.4) is 0 Å². The van der Waals surface area contributed by atoms with Gasteiger partial charge in [-0.15, -0.1) is 0 Å². The fourth-order valence-corrected chi connectivity index (χ4v) is 2.33. The van der Waals surface area contributed by atoms with Gasteiger partial charge in [-0.2, -0.15) is 0 Å². The van der Waals surface area contributed by atoms with Gasteiger partial charge in [0, 0.05) is 17.7 Å². The van der Waals surface area contributed by atoms with Gasteiger partial charge in [-0.1, -0.05) is 35.8 Å². The Labute approximate surface area is 138 Å². The summed E-state index contributed by atoms with van der Waals surface area (Å²) in [7, 11) is 0. The van der Waals surface area contributed by atoms with Gasteiger partial charge in [-0.05, 0) is 25.5 Å². The summed E-state index contributed by atoms with van der Waals surface area (Å²) in [6, 6.07) is 8.28. The number of amides is 1. The highest BCUT2D eigenvalue weighted by molar-refractivity contribution is 6.33. The van der Waals surface area contributed by atoms with Gasteiger partial charge in [0.2, 0.25) is 0 Å². The fourth-order valence-electron chi connectivity index (χ4n) is 2.11. The summed E-state index contributed by atoms with van der Waals surface area (Å²) in [6.07, 6.45) is 0.633. The van der Waals surface area contributed by atoms with Gasteiger partial charge in [0.15, 0.2) is 11.5 Å². The molecule has 2 aromatic rings. The quantitative estimate of drug-likeness (QED) is 0.874. The highest BCUT2D eigenvalue weighted by Gasteiger charge is 2.26. The maximum atomic E-state index is 12.5. The molecule has 1 amide bonds. The molecule has 1 heterocycles. The van der Waals surface area contributed by atoms with Gasteiger partial charge in [-0.25, -0.2) is 0 Å². The molecule has 1 aromatic heterocycles. The Bertz CT molecular complexity index is 714. The molecule has 7 heteroatoms. The molecule has 0 spiro atoms. The number of carbonyl (C=O) groups is 2. The average Bonchev–Trinajstić information content (AvgIpc) is 3.01. The maximum absolute atomic E-state index is 12.5. The van der Waals surface area contributed by atoms with Crippen LogP contribution in [0.5, 0.6) is 0 Å². The standard InChI is InChI=1S/C16H17ClN2O4/c1-3-10(2)19(9-15(20)21)16(22)13-8-14(23-18-13)11-6-4-5-7-12(11)17/h4-8,10H,3,9H2,1-2H3,(H,20,21). The van der Waals surface area contributed by atoms with E-state index < -0.39 is 11.9 Å². The van der Waals surface area contributed by atoms with Gasteiger partial charge >= 0.3 is 5.97 Å². The van der Waals surface area contributed by atoms with E-state index in [4.69, 9.17) is 21.2 Å². The summed E-state index contributed by atoms with van der Waals surface area (Å²) in [5, 5.41) is 13.2. The first-order valence-corrected chi connectivity index (χ1v) is 7.56. The summed E-state index contributed by atoms with van der Waals surface area (Å²) in [5.74, 6) is -1.20. The van der Waals surface area contributed by atoms with Crippen LogP contribution < -0.4 is 0 Å². The van der Waals surface area contributed by atoms with E-state index in [9.17, 15) is 9.59 Å². The number of carboxylic acids is 1. The van der Waals surface area contributed by atoms with E-state index in [0.717, 1.165) is 0 Å². The smallest absolute Gasteiger partial charge is 0.323 e. The van der Waals surface area contributed by atoms with E-state index in [2.05, 4.69) is 5.16 Å². The van der Waals surface area contributed by atoms with E-state index in [1.807, 2.05) is 6.92 Å². The van der Waals surface area contributed by atoms with Crippen LogP contribution in [-0.4, -0.2) is 39.6 Å². The SMILES string of the molecule is CCC(C)N(CC(=O)O)C(=O)c1cc(-c2ccccc2Cl)on1. The van der Waals surface area contributed by atoms with Crippen molar-refractivity contribution < 1.29 is 19.2 Å². The molecule has 0 aliphatic carbocycles. The highest BCUT2D eigenvalue weighted by Crippen LogP contribution is 2.28. The molecule has 1 aromatic carbocycles. The molecule has 2 rings (SSSR count). The van der Waals surface area contributed by atoms with Crippen molar-refractivity contribution >= 4 is 23.5 Å². The molecule has 6 nitrogen and oxygen atoms in total. The van der Waals surface area contributed by atoms with Crippen LogP contribution >= 0.6 is 11.6 Å². The largest absolute Gasteiger partial charge is 0.480 e. The lowest BCUT2D eigenvalue weighted by Gasteiger charge is -2.25. The topological polar surface area (TPSA) is 83.6 Å². The van der Waals surface area contributed by atoms with Crippen molar-refractivity contribution in [1.29, 1.82) is 0 Å². The number of aliphatic carboxylic acids is 1. The third-order valence-corrected chi connectivity index (χ3v) is 3.89. The zero-order valence-corrected chi connectivity index (χ0v) is 13.6. The number of rotatable bonds is 6. The van der Waals surface area contributed by atoms with E-state index >= 15 is 0 Å². The first-order valence-electron chi connectivity index (χ1n) is 7.18. The van der Waals surface area contributed by atoms with Crippen LogP contribution in [0.4, 0.5) is 0 Å². The molecule has 0 fully saturated rings. The molecular weight excluding hydrogens is 320 g/mol. The molecule has 0 bridgehead atoms. The molecule has 0 saturated heterocycles. The summed E-state index contributed by atoms with van der Waals surface area (Å²) in [4.78, 5) is 24.8. The maximum Gasteiger partial charge on any atom is 0.323 e. The summed E-state index contributed by atoms with van der Waals surface area (Å²) in [6.45, 7) is 3.28. The van der Waals surface area contributed by atoms with Crippen molar-refractivity contribution in [3.05, 3.63) is 41.0 Å². The van der Waals surface area contributed by atoms with Gasteiger partial charge in [0.1, 0.15) is 6.54 Å². The number of nitrogens with zero attached hydrogens (tertiary/aromatic N) is 2. The minimum atomic E-state index is -1.08. The zero-order valence-electron chi connectivity index (χ0n) is 12.8. The van der Waals surface area contributed by atoms with E-state index in [0.29, 0.717) is 22.8 Å². The van der Waals surface area contributed by atoms with E-state index in [-0.39, 0.29) is 18.3 Å². The lowest BCUT2D eigenvalue weighted by Crippen LogP contribution is -2.41. The number of benzene rings is 1. The van der Waals surface area contributed by atoms with Crippen molar-refractivity contribution in [3.63, 3.8) is 0 Å². The van der Waals surface area contributed by atoms with Crippen LogP contribution in [0, 0.1) is 0 Å². The average molecular weight is 337 g/mol. The van der Waals surface area contributed by atoms with E-state index in [1.54, 1.807) is 31.2 Å². The minimum absolute atomic E-state index is 0.0569. The van der Waals surface area contributed by atoms with Crippen LogP contribution in [0.25, 0.3) is 11.3 Å². The summed E-state index contributed by atoms with van der Waals surface area (Å²) in [5.41, 5.74) is 0.676. The Kier molecular flexibility index (Phi) is 5.39. The van der Waals surface area contributed by atoms with Crippen molar-refractivity contribution in [2.24, 2.45) is 0 Å². The van der Waals surface area contributed by atoms with Crippen molar-refractivity contribution in [2.75, 3.05) is 6.54 Å². The third-order valence-electron chi connectivity index (χ3n) is 3.56. The second-order valence-electron chi connectivity index (χ2n) is 5.14. The van der Waals surface area contributed by atoms with Crippen LogP contribution in [0.1, 0.15) is 30.8 Å². The predicted octanol–water partition coefficient (Wildman–Crippen LogP) is 3.32. The van der Waals surface area contributed by atoms with Crippen molar-refractivity contribution in [3.8, 4) is 11.3 Å². The van der Waals surface area contributed by atoms with Crippen LogP contribution in [0.15, 0.2) is 34.9 Å². The number of aromatic nitrogens is 1. The second-order valence-corrected chi connectivity index (χ2v) is 5.55. The molecule has 1 unspecified atom stereocenters. The van der Waals surface area contributed by atoms with E-state index in [1.165, 1.54) is 11.0 Å². The van der Waals surface area contributed by atoms with Gasteiger partial charge in [0.05, 0.1) is 5.02 Å². The molecule has 0 aliphatic rings. The Balaban J connectivity index is 2.29. The first-order chi connectivity index (χ1) is 10.9. The molecule has 23 heavy (non-hydrogen) atoms. The van der Waals surface area contributed by atoms with Crippen LogP contribution in [0.2, 0.25) is 5.02 Å². The minimum Gasteiger partial charge on any atom is -0.480 e. The fraction of sp³-hybridized carbons (Fsp3) is 0.312. The van der Waals surface area contributed by atoms with Gasteiger partial charge in [0.25, 0.3) is 5.91 Å². The molecule has 0 aliphatic heterocycles. The summed E-state index contributed by atoms with van der Waals surface area (Å²) < 4.78 is 5.19. The molecule has 1 N–H and O–H groups in total. The first kappa shape index (κ1) is 17.0. The number of carboxylic acid groups (broad SMARTS) is 1. The predicted molar refractivity (Wildman–Crippen MR) is 85.4 cm³/mol. The van der Waals surface area contributed by atoms with Crippen LogP contribution in [-0.2, 0) is 4.79 Å². The highest BCUT2D eigenvalue weighted by atomic mass is 35.5. The van der Waals surface area contributed by atoms with Gasteiger partial charge < -0.3 is 14.5 Å². The lowest BCUT2D eigenvalue weighted by molar-refractivity contribution is -0.138. The molecule has 122 valence electrons. The molecule has 1 atom stereocenters. The Morgan fingerprint density at radius 2 is 2.09 bits per heavy atom. The monoisotopic (exact) mass is 336 g/mol. The number of carbonyl (C=O) groups excluding carboxylic acids is 1. The third kappa shape index (κ3) is 3.90.